The van der Waals surface area contributed by atoms with E-state index in [9.17, 15) is 10.1 Å². The molecule has 2 rings (SSSR count). The smallest absolute Gasteiger partial charge is 0.283 e. The van der Waals surface area contributed by atoms with Gasteiger partial charge in [-0.2, -0.15) is 0 Å². The molecule has 0 bridgehead atoms. The summed E-state index contributed by atoms with van der Waals surface area (Å²) in [5, 5.41) is 14.2. The molecule has 1 aliphatic rings. The van der Waals surface area contributed by atoms with E-state index in [0.717, 1.165) is 24.9 Å². The molecule has 1 aromatic carbocycles. The van der Waals surface area contributed by atoms with Gasteiger partial charge in [-0.25, -0.2) is 0 Å². The van der Waals surface area contributed by atoms with E-state index in [2.05, 4.69) is 21.2 Å². The van der Waals surface area contributed by atoms with Crippen LogP contribution in [0, 0.1) is 10.1 Å². The van der Waals surface area contributed by atoms with Gasteiger partial charge in [-0.1, -0.05) is 6.07 Å². The average Bonchev–Trinajstić information content (AvgIpc) is 2.73. The molecule has 0 aromatic heterocycles. The number of rotatable bonds is 3. The Hall–Kier alpha value is -0.940. The summed E-state index contributed by atoms with van der Waals surface area (Å²) in [6.07, 6.45) is 3.22. The molecule has 0 amide bonds. The summed E-state index contributed by atoms with van der Waals surface area (Å²) in [5.41, 5.74) is 1.17. The Morgan fingerprint density at radius 2 is 2.38 bits per heavy atom. The Bertz CT molecular complexity index is 403. The summed E-state index contributed by atoms with van der Waals surface area (Å²) in [5.74, 6) is 0. The third kappa shape index (κ3) is 2.59. The molecular formula is C11H13BrN2O2. The van der Waals surface area contributed by atoms with Crippen LogP contribution in [-0.2, 0) is 6.42 Å². The maximum Gasteiger partial charge on any atom is 0.283 e. The van der Waals surface area contributed by atoms with E-state index in [1.807, 2.05) is 6.07 Å². The Labute approximate surface area is 102 Å². The number of benzene rings is 1. The number of nitrogens with one attached hydrogen (secondary N) is 1. The van der Waals surface area contributed by atoms with Crippen molar-refractivity contribution in [3.8, 4) is 0 Å². The van der Waals surface area contributed by atoms with Crippen molar-refractivity contribution in [2.45, 2.75) is 25.3 Å². The van der Waals surface area contributed by atoms with Gasteiger partial charge in [0.2, 0.25) is 0 Å². The molecule has 4 nitrogen and oxygen atoms in total. The first kappa shape index (κ1) is 11.5. The predicted octanol–water partition coefficient (Wildman–Crippen LogP) is 2.65. The van der Waals surface area contributed by atoms with Gasteiger partial charge in [-0.05, 0) is 53.4 Å². The lowest BCUT2D eigenvalue weighted by Crippen LogP contribution is -2.23. The number of hydrogen-bond acceptors (Lipinski definition) is 3. The Balaban J connectivity index is 2.15. The van der Waals surface area contributed by atoms with Crippen LogP contribution >= 0.6 is 15.9 Å². The maximum atomic E-state index is 10.8. The van der Waals surface area contributed by atoms with Crippen molar-refractivity contribution in [1.29, 1.82) is 0 Å². The van der Waals surface area contributed by atoms with Gasteiger partial charge >= 0.3 is 0 Å². The van der Waals surface area contributed by atoms with Crippen molar-refractivity contribution < 1.29 is 4.92 Å². The fourth-order valence-corrected chi connectivity index (χ4v) is 2.43. The van der Waals surface area contributed by atoms with Crippen molar-refractivity contribution in [3.05, 3.63) is 38.3 Å². The van der Waals surface area contributed by atoms with Crippen LogP contribution in [0.15, 0.2) is 22.7 Å². The van der Waals surface area contributed by atoms with Gasteiger partial charge in [-0.3, -0.25) is 10.1 Å². The lowest BCUT2D eigenvalue weighted by molar-refractivity contribution is -0.385. The first-order valence-electron chi connectivity index (χ1n) is 5.33. The summed E-state index contributed by atoms with van der Waals surface area (Å²) in [4.78, 5) is 10.4. The normalized spacial score (nSPS) is 19.9. The first-order valence-corrected chi connectivity index (χ1v) is 6.12. The Morgan fingerprint density at radius 3 is 3.00 bits per heavy atom. The van der Waals surface area contributed by atoms with Crippen LogP contribution in [0.5, 0.6) is 0 Å². The fraction of sp³-hybridized carbons (Fsp3) is 0.455. The zero-order chi connectivity index (χ0) is 11.5. The van der Waals surface area contributed by atoms with Crippen molar-refractivity contribution in [2.24, 2.45) is 0 Å². The van der Waals surface area contributed by atoms with Crippen molar-refractivity contribution in [1.82, 2.24) is 5.32 Å². The van der Waals surface area contributed by atoms with E-state index >= 15 is 0 Å². The van der Waals surface area contributed by atoms with Crippen LogP contribution in [0.25, 0.3) is 0 Å². The minimum Gasteiger partial charge on any atom is -0.314 e. The van der Waals surface area contributed by atoms with Crippen LogP contribution in [0.4, 0.5) is 5.69 Å². The highest BCUT2D eigenvalue weighted by atomic mass is 79.9. The van der Waals surface area contributed by atoms with Gasteiger partial charge in [0.05, 0.1) is 9.40 Å². The highest BCUT2D eigenvalue weighted by Gasteiger charge is 2.17. The second-order valence-corrected chi connectivity index (χ2v) is 4.89. The number of hydrogen-bond donors (Lipinski definition) is 1. The summed E-state index contributed by atoms with van der Waals surface area (Å²) >= 11 is 3.19. The molecule has 1 unspecified atom stereocenters. The topological polar surface area (TPSA) is 55.2 Å². The predicted molar refractivity (Wildman–Crippen MR) is 65.5 cm³/mol. The zero-order valence-electron chi connectivity index (χ0n) is 8.78. The molecular weight excluding hydrogens is 272 g/mol. The number of nitro benzene ring substituents is 1. The minimum absolute atomic E-state index is 0.149. The molecule has 1 fully saturated rings. The number of nitro groups is 1. The third-order valence-corrected chi connectivity index (χ3v) is 3.52. The third-order valence-electron chi connectivity index (χ3n) is 2.85. The van der Waals surface area contributed by atoms with Crippen LogP contribution in [-0.4, -0.2) is 17.5 Å². The van der Waals surface area contributed by atoms with Gasteiger partial charge in [-0.15, -0.1) is 0 Å². The average molecular weight is 285 g/mol. The van der Waals surface area contributed by atoms with Gasteiger partial charge < -0.3 is 5.32 Å². The molecule has 16 heavy (non-hydrogen) atoms. The quantitative estimate of drug-likeness (QED) is 0.686. The van der Waals surface area contributed by atoms with Crippen molar-refractivity contribution >= 4 is 21.6 Å². The molecule has 5 heteroatoms. The SMILES string of the molecule is O=[N+]([O-])c1cc(CC2CCCN2)ccc1Br. The maximum absolute atomic E-state index is 10.8. The van der Waals surface area contributed by atoms with Crippen LogP contribution < -0.4 is 5.32 Å². The molecule has 1 N–H and O–H groups in total. The number of halogens is 1. The van der Waals surface area contributed by atoms with E-state index in [-0.39, 0.29) is 10.6 Å². The van der Waals surface area contributed by atoms with Gasteiger partial charge in [0, 0.05) is 12.1 Å². The molecule has 0 aliphatic carbocycles. The van der Waals surface area contributed by atoms with Gasteiger partial charge in [0.1, 0.15) is 0 Å². The van der Waals surface area contributed by atoms with Crippen LogP contribution in [0.3, 0.4) is 0 Å². The summed E-state index contributed by atoms with van der Waals surface area (Å²) in [7, 11) is 0. The molecule has 0 spiro atoms. The lowest BCUT2D eigenvalue weighted by atomic mass is 10.0. The Morgan fingerprint density at radius 1 is 1.56 bits per heavy atom. The summed E-state index contributed by atoms with van der Waals surface area (Å²) < 4.78 is 0.542. The number of nitrogens with zero attached hydrogens (tertiary/aromatic N) is 1. The van der Waals surface area contributed by atoms with E-state index in [1.54, 1.807) is 12.1 Å². The molecule has 1 aromatic rings. The van der Waals surface area contributed by atoms with E-state index in [0.29, 0.717) is 10.5 Å². The molecule has 86 valence electrons. The molecule has 0 saturated carbocycles. The van der Waals surface area contributed by atoms with Gasteiger partial charge in [0.15, 0.2) is 0 Å². The molecule has 1 heterocycles. The van der Waals surface area contributed by atoms with E-state index in [1.165, 1.54) is 6.42 Å². The first-order chi connectivity index (χ1) is 7.66. The monoisotopic (exact) mass is 284 g/mol. The highest BCUT2D eigenvalue weighted by Crippen LogP contribution is 2.26. The van der Waals surface area contributed by atoms with E-state index in [4.69, 9.17) is 0 Å². The standard InChI is InChI=1S/C11H13BrN2O2/c12-10-4-3-8(7-11(10)14(15)16)6-9-2-1-5-13-9/h3-4,7,9,13H,1-2,5-6H2. The second kappa shape index (κ2) is 4.93. The molecule has 1 saturated heterocycles. The highest BCUT2D eigenvalue weighted by molar-refractivity contribution is 9.10. The van der Waals surface area contributed by atoms with Crippen molar-refractivity contribution in [3.63, 3.8) is 0 Å². The fourth-order valence-electron chi connectivity index (χ4n) is 2.04. The van der Waals surface area contributed by atoms with Crippen molar-refractivity contribution in [2.75, 3.05) is 6.54 Å². The van der Waals surface area contributed by atoms with E-state index < -0.39 is 0 Å². The molecule has 0 radical (unpaired) electrons. The molecule has 1 atom stereocenters. The summed E-state index contributed by atoms with van der Waals surface area (Å²) in [6.45, 7) is 1.06. The van der Waals surface area contributed by atoms with Crippen LogP contribution in [0.2, 0.25) is 0 Å². The largest absolute Gasteiger partial charge is 0.314 e. The minimum atomic E-state index is -0.352. The Kier molecular flexibility index (Phi) is 3.56. The molecule has 1 aliphatic heterocycles. The van der Waals surface area contributed by atoms with Crippen LogP contribution in [0.1, 0.15) is 18.4 Å². The van der Waals surface area contributed by atoms with Gasteiger partial charge in [0.25, 0.3) is 5.69 Å². The lowest BCUT2D eigenvalue weighted by Gasteiger charge is -2.09. The summed E-state index contributed by atoms with van der Waals surface area (Å²) in [6, 6.07) is 5.82. The second-order valence-electron chi connectivity index (χ2n) is 4.04. The zero-order valence-corrected chi connectivity index (χ0v) is 10.4.